The Morgan fingerprint density at radius 2 is 1.81 bits per heavy atom. The maximum atomic E-state index is 13.2. The Morgan fingerprint density at radius 3 is 2.52 bits per heavy atom. The highest BCUT2D eigenvalue weighted by molar-refractivity contribution is 6.15. The number of fused-ring (bicyclic) bond motifs is 1. The number of hydrogen-bond donors (Lipinski definition) is 1. The van der Waals surface area contributed by atoms with Crippen LogP contribution in [0.2, 0.25) is 0 Å². The Kier molecular flexibility index (Phi) is 4.74. The summed E-state index contributed by atoms with van der Waals surface area (Å²) in [5.74, 6) is -0.255. The Morgan fingerprint density at radius 1 is 1.11 bits per heavy atom. The Hall–Kier alpha value is -3.15. The highest BCUT2D eigenvalue weighted by Gasteiger charge is 2.45. The standard InChI is InChI=1S/C21H22N2O4/c1-13(24)15-8-7-9-16(12-15)27-14(2)19(25)23-18-11-6-5-10-17(18)22-20(26)21(23,3)4/h5-12,14H,1-4H3,(H,22,26)/t14-/m1/s1. The van der Waals surface area contributed by atoms with Crippen LogP contribution in [0.25, 0.3) is 0 Å². The van der Waals surface area contributed by atoms with Crippen molar-refractivity contribution in [2.24, 2.45) is 0 Å². The van der Waals surface area contributed by atoms with E-state index in [1.165, 1.54) is 11.8 Å². The maximum absolute atomic E-state index is 13.2. The van der Waals surface area contributed by atoms with Gasteiger partial charge in [0.05, 0.1) is 11.4 Å². The Bertz CT molecular complexity index is 920. The number of benzene rings is 2. The number of Topliss-reactive ketones (excluding diaryl/α,β-unsaturated/α-hetero) is 1. The fourth-order valence-electron chi connectivity index (χ4n) is 3.07. The molecule has 3 rings (SSSR count). The van der Waals surface area contributed by atoms with Crippen molar-refractivity contribution < 1.29 is 19.1 Å². The highest BCUT2D eigenvalue weighted by Crippen LogP contribution is 2.37. The van der Waals surface area contributed by atoms with Gasteiger partial charge in [-0.05, 0) is 52.0 Å². The Labute approximate surface area is 158 Å². The molecular formula is C21H22N2O4. The van der Waals surface area contributed by atoms with E-state index >= 15 is 0 Å². The van der Waals surface area contributed by atoms with Crippen molar-refractivity contribution >= 4 is 29.0 Å². The number of para-hydroxylation sites is 2. The van der Waals surface area contributed by atoms with E-state index < -0.39 is 11.6 Å². The van der Waals surface area contributed by atoms with E-state index in [2.05, 4.69) is 5.32 Å². The van der Waals surface area contributed by atoms with Gasteiger partial charge in [-0.3, -0.25) is 19.3 Å². The molecule has 1 N–H and O–H groups in total. The molecule has 140 valence electrons. The van der Waals surface area contributed by atoms with Crippen LogP contribution in [-0.4, -0.2) is 29.2 Å². The van der Waals surface area contributed by atoms with Crippen molar-refractivity contribution in [2.75, 3.05) is 10.2 Å². The van der Waals surface area contributed by atoms with Crippen molar-refractivity contribution in [3.8, 4) is 5.75 Å². The van der Waals surface area contributed by atoms with Gasteiger partial charge >= 0.3 is 0 Å². The predicted octanol–water partition coefficient (Wildman–Crippen LogP) is 3.42. The topological polar surface area (TPSA) is 75.7 Å². The van der Waals surface area contributed by atoms with Crippen LogP contribution in [0.15, 0.2) is 48.5 Å². The average Bonchev–Trinajstić information content (AvgIpc) is 2.62. The van der Waals surface area contributed by atoms with Crippen molar-refractivity contribution in [1.29, 1.82) is 0 Å². The van der Waals surface area contributed by atoms with Crippen LogP contribution in [-0.2, 0) is 9.59 Å². The number of rotatable bonds is 4. The van der Waals surface area contributed by atoms with E-state index in [4.69, 9.17) is 4.74 Å². The minimum Gasteiger partial charge on any atom is -0.481 e. The SMILES string of the molecule is CC(=O)c1cccc(O[C@H](C)C(=O)N2c3ccccc3NC(=O)C2(C)C)c1. The summed E-state index contributed by atoms with van der Waals surface area (Å²) in [6.07, 6.45) is -0.842. The normalized spacial score (nSPS) is 16.1. The van der Waals surface area contributed by atoms with E-state index in [1.807, 2.05) is 6.07 Å². The molecule has 2 amide bonds. The Balaban J connectivity index is 1.91. The van der Waals surface area contributed by atoms with E-state index in [9.17, 15) is 14.4 Å². The fourth-order valence-corrected chi connectivity index (χ4v) is 3.07. The molecule has 1 heterocycles. The van der Waals surface area contributed by atoms with E-state index in [0.29, 0.717) is 22.7 Å². The van der Waals surface area contributed by atoms with Gasteiger partial charge < -0.3 is 10.1 Å². The summed E-state index contributed by atoms with van der Waals surface area (Å²) < 4.78 is 5.79. The summed E-state index contributed by atoms with van der Waals surface area (Å²) in [6, 6.07) is 13.9. The molecule has 1 atom stereocenters. The smallest absolute Gasteiger partial charge is 0.268 e. The van der Waals surface area contributed by atoms with Gasteiger partial charge in [0.1, 0.15) is 11.3 Å². The zero-order chi connectivity index (χ0) is 19.8. The molecule has 2 aromatic carbocycles. The summed E-state index contributed by atoms with van der Waals surface area (Å²) in [6.45, 7) is 6.49. The summed E-state index contributed by atoms with van der Waals surface area (Å²) in [4.78, 5) is 38.7. The number of ether oxygens (including phenoxy) is 1. The lowest BCUT2D eigenvalue weighted by Crippen LogP contribution is -2.60. The van der Waals surface area contributed by atoms with Gasteiger partial charge in [0, 0.05) is 5.56 Å². The molecule has 6 heteroatoms. The monoisotopic (exact) mass is 366 g/mol. The molecule has 1 aliphatic rings. The minimum atomic E-state index is -1.07. The molecule has 0 aliphatic carbocycles. The molecule has 2 aromatic rings. The largest absolute Gasteiger partial charge is 0.481 e. The van der Waals surface area contributed by atoms with Crippen LogP contribution in [0, 0.1) is 0 Å². The van der Waals surface area contributed by atoms with Gasteiger partial charge in [0.25, 0.3) is 5.91 Å². The van der Waals surface area contributed by atoms with Gasteiger partial charge in [-0.15, -0.1) is 0 Å². The number of nitrogens with zero attached hydrogens (tertiary/aromatic N) is 1. The van der Waals surface area contributed by atoms with Crippen LogP contribution in [0.1, 0.15) is 38.1 Å². The molecule has 0 bridgehead atoms. The molecular weight excluding hydrogens is 344 g/mol. The van der Waals surface area contributed by atoms with Gasteiger partial charge in [-0.25, -0.2) is 0 Å². The molecule has 0 radical (unpaired) electrons. The number of anilines is 2. The molecule has 0 saturated carbocycles. The third-order valence-corrected chi connectivity index (χ3v) is 4.63. The first-order valence-electron chi connectivity index (χ1n) is 8.74. The molecule has 6 nitrogen and oxygen atoms in total. The van der Waals surface area contributed by atoms with E-state index in [1.54, 1.807) is 63.2 Å². The number of amides is 2. The van der Waals surface area contributed by atoms with E-state index in [-0.39, 0.29) is 17.6 Å². The lowest BCUT2D eigenvalue weighted by Gasteiger charge is -2.42. The van der Waals surface area contributed by atoms with Crippen molar-refractivity contribution in [1.82, 2.24) is 0 Å². The average molecular weight is 366 g/mol. The van der Waals surface area contributed by atoms with Crippen LogP contribution in [0.3, 0.4) is 0 Å². The first kappa shape index (κ1) is 18.6. The minimum absolute atomic E-state index is 0.0813. The summed E-state index contributed by atoms with van der Waals surface area (Å²) in [5.41, 5.74) is 0.653. The van der Waals surface area contributed by atoms with Crippen molar-refractivity contribution in [3.63, 3.8) is 0 Å². The third kappa shape index (κ3) is 3.43. The molecule has 0 fully saturated rings. The lowest BCUT2D eigenvalue weighted by atomic mass is 9.95. The van der Waals surface area contributed by atoms with Crippen molar-refractivity contribution in [2.45, 2.75) is 39.3 Å². The number of carbonyl (C=O) groups is 3. The van der Waals surface area contributed by atoms with Gasteiger partial charge in [0.15, 0.2) is 11.9 Å². The second kappa shape index (κ2) is 6.87. The van der Waals surface area contributed by atoms with Crippen LogP contribution < -0.4 is 15.0 Å². The highest BCUT2D eigenvalue weighted by atomic mass is 16.5. The number of ketones is 1. The predicted molar refractivity (Wildman–Crippen MR) is 103 cm³/mol. The molecule has 0 aromatic heterocycles. The van der Waals surface area contributed by atoms with Crippen LogP contribution in [0.4, 0.5) is 11.4 Å². The number of carbonyl (C=O) groups excluding carboxylic acids is 3. The summed E-state index contributed by atoms with van der Waals surface area (Å²) >= 11 is 0. The molecule has 0 saturated heterocycles. The first-order chi connectivity index (χ1) is 12.7. The second-order valence-corrected chi connectivity index (χ2v) is 7.05. The molecule has 27 heavy (non-hydrogen) atoms. The summed E-state index contributed by atoms with van der Waals surface area (Å²) in [5, 5.41) is 2.83. The van der Waals surface area contributed by atoms with E-state index in [0.717, 1.165) is 0 Å². The van der Waals surface area contributed by atoms with Crippen molar-refractivity contribution in [3.05, 3.63) is 54.1 Å². The fraction of sp³-hybridized carbons (Fsp3) is 0.286. The zero-order valence-corrected chi connectivity index (χ0v) is 15.8. The summed E-state index contributed by atoms with van der Waals surface area (Å²) in [7, 11) is 0. The van der Waals surface area contributed by atoms with Crippen LogP contribution >= 0.6 is 0 Å². The molecule has 1 aliphatic heterocycles. The maximum Gasteiger partial charge on any atom is 0.268 e. The second-order valence-electron chi connectivity index (χ2n) is 7.05. The van der Waals surface area contributed by atoms with Gasteiger partial charge in [-0.1, -0.05) is 24.3 Å². The molecule has 0 unspecified atom stereocenters. The van der Waals surface area contributed by atoms with Crippen LogP contribution in [0.5, 0.6) is 5.75 Å². The third-order valence-electron chi connectivity index (χ3n) is 4.63. The van der Waals surface area contributed by atoms with Gasteiger partial charge in [0.2, 0.25) is 5.91 Å². The number of nitrogens with one attached hydrogen (secondary N) is 1. The lowest BCUT2D eigenvalue weighted by molar-refractivity contribution is -0.130. The quantitative estimate of drug-likeness (QED) is 0.841. The first-order valence-corrected chi connectivity index (χ1v) is 8.74. The zero-order valence-electron chi connectivity index (χ0n) is 15.8. The van der Waals surface area contributed by atoms with Gasteiger partial charge in [-0.2, -0.15) is 0 Å². The number of hydrogen-bond acceptors (Lipinski definition) is 4. The molecule has 0 spiro atoms.